The summed E-state index contributed by atoms with van der Waals surface area (Å²) in [6, 6.07) is 14.5. The van der Waals surface area contributed by atoms with Gasteiger partial charge >= 0.3 is 5.97 Å². The summed E-state index contributed by atoms with van der Waals surface area (Å²) in [5, 5.41) is 0. The molecule has 0 aliphatic heterocycles. The molecule has 0 fully saturated rings. The summed E-state index contributed by atoms with van der Waals surface area (Å²) in [4.78, 5) is 12.7. The molecular weight excluding hydrogens is 596 g/mol. The van der Waals surface area contributed by atoms with E-state index >= 15 is 0 Å². The number of hydrogen-bond donors (Lipinski definition) is 0. The number of ether oxygens (including phenoxy) is 8. The summed E-state index contributed by atoms with van der Waals surface area (Å²) in [5.74, 6) is 0.0250. The van der Waals surface area contributed by atoms with Crippen molar-refractivity contribution in [2.45, 2.75) is 19.4 Å². The van der Waals surface area contributed by atoms with Crippen LogP contribution in [0, 0.1) is 0 Å². The van der Waals surface area contributed by atoms with Gasteiger partial charge in [-0.25, -0.2) is 4.79 Å². The number of carbonyl (C=O) groups excluding carboxylic acids is 1. The first-order chi connectivity index (χ1) is 21.4. The van der Waals surface area contributed by atoms with Crippen molar-refractivity contribution in [2.24, 2.45) is 0 Å². The molecule has 0 aliphatic carbocycles. The Labute approximate surface area is 260 Å². The second-order valence-corrected chi connectivity index (χ2v) is 11.1. The van der Waals surface area contributed by atoms with Crippen molar-refractivity contribution in [1.82, 2.24) is 0 Å². The van der Waals surface area contributed by atoms with Crippen LogP contribution in [0.1, 0.15) is 27.9 Å². The van der Waals surface area contributed by atoms with E-state index in [-0.39, 0.29) is 19.8 Å². The maximum atomic E-state index is 12.7. The third-order valence-corrected chi connectivity index (χ3v) is 6.40. The fraction of sp³-hybridized carbons (Fsp3) is 0.581. The molecule has 0 saturated carbocycles. The zero-order chi connectivity index (χ0) is 31.7. The molecule has 0 bridgehead atoms. The highest BCUT2D eigenvalue weighted by atomic mass is 32.2. The SMILES string of the molecule is COCCOCCOCCOCCOCCOCCOc1cc(C(=O)OCc2ccccc2)ccc1CCCOS(C)(=O)=O. The molecule has 44 heavy (non-hydrogen) atoms. The number of hydrogen-bond acceptors (Lipinski definition) is 12. The van der Waals surface area contributed by atoms with Crippen LogP contribution in [0.5, 0.6) is 5.75 Å². The predicted octanol–water partition coefficient (Wildman–Crippen LogP) is 3.06. The first-order valence-corrected chi connectivity index (χ1v) is 16.4. The third-order valence-electron chi connectivity index (χ3n) is 5.81. The molecule has 248 valence electrons. The van der Waals surface area contributed by atoms with Crippen LogP contribution in [-0.2, 0) is 60.5 Å². The van der Waals surface area contributed by atoms with Crippen LogP contribution < -0.4 is 4.74 Å². The number of carbonyl (C=O) groups is 1. The Balaban J connectivity index is 1.64. The lowest BCUT2D eigenvalue weighted by Crippen LogP contribution is -2.15. The number of rotatable bonds is 27. The maximum absolute atomic E-state index is 12.7. The number of esters is 1. The van der Waals surface area contributed by atoms with Crippen molar-refractivity contribution < 1.29 is 55.3 Å². The second kappa shape index (κ2) is 23.7. The van der Waals surface area contributed by atoms with E-state index in [2.05, 4.69) is 0 Å². The Bertz CT molecular complexity index is 1130. The van der Waals surface area contributed by atoms with Gasteiger partial charge < -0.3 is 37.9 Å². The van der Waals surface area contributed by atoms with Gasteiger partial charge in [-0.3, -0.25) is 4.18 Å². The number of benzene rings is 2. The molecule has 0 spiro atoms. The molecule has 2 aromatic carbocycles. The topological polar surface area (TPSA) is 134 Å². The van der Waals surface area contributed by atoms with Crippen molar-refractivity contribution in [3.8, 4) is 5.75 Å². The van der Waals surface area contributed by atoms with Gasteiger partial charge in [0.25, 0.3) is 10.1 Å². The fourth-order valence-corrected chi connectivity index (χ4v) is 4.06. The molecule has 13 heteroatoms. The molecule has 0 saturated heterocycles. The van der Waals surface area contributed by atoms with Crippen molar-refractivity contribution in [2.75, 3.05) is 99.3 Å². The van der Waals surface area contributed by atoms with Gasteiger partial charge in [0.2, 0.25) is 0 Å². The van der Waals surface area contributed by atoms with Crippen LogP contribution in [0.15, 0.2) is 48.5 Å². The van der Waals surface area contributed by atoms with Crippen LogP contribution in [-0.4, -0.2) is 114 Å². The predicted molar refractivity (Wildman–Crippen MR) is 163 cm³/mol. The molecule has 2 rings (SSSR count). The molecule has 0 aliphatic rings. The lowest BCUT2D eigenvalue weighted by Gasteiger charge is -2.14. The van der Waals surface area contributed by atoms with Crippen LogP contribution >= 0.6 is 0 Å². The summed E-state index contributed by atoms with van der Waals surface area (Å²) in [6.07, 6.45) is 1.96. The third kappa shape index (κ3) is 18.9. The summed E-state index contributed by atoms with van der Waals surface area (Å²) in [7, 11) is -1.88. The van der Waals surface area contributed by atoms with Gasteiger partial charge in [-0.2, -0.15) is 8.42 Å². The number of methoxy groups -OCH3 is 1. The normalized spacial score (nSPS) is 11.5. The lowest BCUT2D eigenvalue weighted by molar-refractivity contribution is -0.0159. The lowest BCUT2D eigenvalue weighted by atomic mass is 10.1. The Morgan fingerprint density at radius 3 is 1.77 bits per heavy atom. The van der Waals surface area contributed by atoms with Crippen LogP contribution in [0.3, 0.4) is 0 Å². The largest absolute Gasteiger partial charge is 0.491 e. The van der Waals surface area contributed by atoms with Gasteiger partial charge in [0.1, 0.15) is 19.0 Å². The molecule has 2 aromatic rings. The molecule has 12 nitrogen and oxygen atoms in total. The van der Waals surface area contributed by atoms with Gasteiger partial charge in [0, 0.05) is 7.11 Å². The van der Waals surface area contributed by atoms with E-state index in [0.717, 1.165) is 17.4 Å². The van der Waals surface area contributed by atoms with Gasteiger partial charge in [-0.1, -0.05) is 36.4 Å². The average molecular weight is 643 g/mol. The summed E-state index contributed by atoms with van der Waals surface area (Å²) < 4.78 is 70.9. The first-order valence-electron chi connectivity index (χ1n) is 14.6. The molecule has 0 aromatic heterocycles. The number of aryl methyl sites for hydroxylation is 1. The van der Waals surface area contributed by atoms with E-state index in [1.807, 2.05) is 30.3 Å². The Kier molecular flexibility index (Phi) is 20.3. The van der Waals surface area contributed by atoms with Crippen molar-refractivity contribution >= 4 is 16.1 Å². The van der Waals surface area contributed by atoms with Gasteiger partial charge in [0.15, 0.2) is 0 Å². The van der Waals surface area contributed by atoms with E-state index in [4.69, 9.17) is 42.1 Å². The Hall–Kier alpha value is -2.62. The molecular formula is C31H46O12S. The van der Waals surface area contributed by atoms with Crippen LogP contribution in [0.4, 0.5) is 0 Å². The van der Waals surface area contributed by atoms with Gasteiger partial charge in [-0.05, 0) is 36.1 Å². The van der Waals surface area contributed by atoms with E-state index in [9.17, 15) is 13.2 Å². The quantitative estimate of drug-likeness (QED) is 0.0806. The highest BCUT2D eigenvalue weighted by Crippen LogP contribution is 2.23. The van der Waals surface area contributed by atoms with Crippen molar-refractivity contribution in [3.63, 3.8) is 0 Å². The van der Waals surface area contributed by atoms with Crippen molar-refractivity contribution in [3.05, 3.63) is 65.2 Å². The van der Waals surface area contributed by atoms with Crippen LogP contribution in [0.2, 0.25) is 0 Å². The van der Waals surface area contributed by atoms with E-state index in [1.165, 1.54) is 0 Å². The maximum Gasteiger partial charge on any atom is 0.338 e. The molecule has 0 unspecified atom stereocenters. The summed E-state index contributed by atoms with van der Waals surface area (Å²) >= 11 is 0. The molecule has 0 N–H and O–H groups in total. The highest BCUT2D eigenvalue weighted by Gasteiger charge is 2.13. The minimum atomic E-state index is -3.51. The minimum Gasteiger partial charge on any atom is -0.491 e. The Morgan fingerprint density at radius 1 is 0.682 bits per heavy atom. The first kappa shape index (κ1) is 37.6. The molecule has 0 amide bonds. The van der Waals surface area contributed by atoms with Crippen LogP contribution in [0.25, 0.3) is 0 Å². The van der Waals surface area contributed by atoms with Gasteiger partial charge in [0.05, 0.1) is 91.1 Å². The van der Waals surface area contributed by atoms with Crippen molar-refractivity contribution in [1.29, 1.82) is 0 Å². The smallest absolute Gasteiger partial charge is 0.338 e. The Morgan fingerprint density at radius 2 is 1.23 bits per heavy atom. The minimum absolute atomic E-state index is 0.0478. The molecule has 0 heterocycles. The monoisotopic (exact) mass is 642 g/mol. The van der Waals surface area contributed by atoms with Gasteiger partial charge in [-0.15, -0.1) is 0 Å². The van der Waals surface area contributed by atoms with E-state index in [1.54, 1.807) is 25.3 Å². The standard InChI is InChI=1S/C31H46O12S/c1-35-13-14-36-15-16-37-17-18-38-19-20-39-21-22-40-23-24-41-30-25-29(31(32)42-26-27-7-4-3-5-8-27)11-10-28(30)9-6-12-43-44(2,33)34/h3-5,7-8,10-11,25H,6,9,12-24,26H2,1-2H3. The zero-order valence-corrected chi connectivity index (χ0v) is 26.6. The summed E-state index contributed by atoms with van der Waals surface area (Å²) in [6.45, 7) is 5.59. The highest BCUT2D eigenvalue weighted by molar-refractivity contribution is 7.85. The van der Waals surface area contributed by atoms with E-state index in [0.29, 0.717) is 96.8 Å². The summed E-state index contributed by atoms with van der Waals surface area (Å²) in [5.41, 5.74) is 2.04. The van der Waals surface area contributed by atoms with E-state index < -0.39 is 16.1 Å². The zero-order valence-electron chi connectivity index (χ0n) is 25.7. The average Bonchev–Trinajstić information content (AvgIpc) is 3.01. The molecule has 0 atom stereocenters. The molecule has 0 radical (unpaired) electrons. The second-order valence-electron chi connectivity index (χ2n) is 9.42. The fourth-order valence-electron chi connectivity index (χ4n) is 3.64.